The maximum Gasteiger partial charge on any atom is 0.244 e. The molecule has 0 bridgehead atoms. The maximum absolute atomic E-state index is 14.4. The Morgan fingerprint density at radius 3 is 2.26 bits per heavy atom. The number of ether oxygens (including phenoxy) is 2. The molecule has 192 valence electrons. The Hall–Kier alpha value is -3.34. The minimum Gasteiger partial charge on any atom is -0.497 e. The fourth-order valence-electron chi connectivity index (χ4n) is 3.38. The van der Waals surface area contributed by atoms with Gasteiger partial charge in [0, 0.05) is 24.2 Å². The molecule has 0 aliphatic rings. The van der Waals surface area contributed by atoms with E-state index in [1.165, 1.54) is 57.5 Å². The molecule has 0 fully saturated rings. The zero-order valence-corrected chi connectivity index (χ0v) is 21.6. The van der Waals surface area contributed by atoms with Crippen LogP contribution >= 0.6 is 0 Å². The highest BCUT2D eigenvalue weighted by Crippen LogP contribution is 2.33. The molecule has 0 radical (unpaired) electrons. The van der Waals surface area contributed by atoms with Crippen molar-refractivity contribution in [1.29, 1.82) is 0 Å². The van der Waals surface area contributed by atoms with Crippen LogP contribution < -0.4 is 19.1 Å². The van der Waals surface area contributed by atoms with Gasteiger partial charge >= 0.3 is 0 Å². The Kier molecular flexibility index (Phi) is 9.47. The summed E-state index contributed by atoms with van der Waals surface area (Å²) in [4.78, 5) is 27.4. The molecule has 0 heterocycles. The molecule has 1 atom stereocenters. The van der Waals surface area contributed by atoms with Gasteiger partial charge in [-0.2, -0.15) is 0 Å². The van der Waals surface area contributed by atoms with Crippen LogP contribution in [0.1, 0.15) is 26.3 Å². The molecule has 2 rings (SSSR count). The number of halogens is 1. The first-order chi connectivity index (χ1) is 16.4. The van der Waals surface area contributed by atoms with Crippen molar-refractivity contribution in [3.63, 3.8) is 0 Å². The number of carbonyl (C=O) groups is 2. The van der Waals surface area contributed by atoms with Crippen LogP contribution in [0.15, 0.2) is 42.5 Å². The fraction of sp³-hybridized carbons (Fsp3) is 0.417. The van der Waals surface area contributed by atoms with Crippen LogP contribution in [0, 0.1) is 5.82 Å². The first-order valence-corrected chi connectivity index (χ1v) is 12.8. The van der Waals surface area contributed by atoms with E-state index in [-0.39, 0.29) is 29.6 Å². The number of rotatable bonds is 11. The molecular formula is C24H32FN3O6S. The number of benzene rings is 2. The van der Waals surface area contributed by atoms with Gasteiger partial charge in [0.2, 0.25) is 21.8 Å². The van der Waals surface area contributed by atoms with Gasteiger partial charge < -0.3 is 19.7 Å². The number of sulfonamides is 1. The Morgan fingerprint density at radius 2 is 1.71 bits per heavy atom. The zero-order valence-electron chi connectivity index (χ0n) is 20.7. The molecule has 2 aromatic rings. The van der Waals surface area contributed by atoms with Gasteiger partial charge in [-0.05, 0) is 39.0 Å². The van der Waals surface area contributed by atoms with Gasteiger partial charge in [0.05, 0.1) is 26.2 Å². The largest absolute Gasteiger partial charge is 0.497 e. The Labute approximate surface area is 205 Å². The minimum atomic E-state index is -3.95. The van der Waals surface area contributed by atoms with Crippen molar-refractivity contribution in [2.75, 3.05) is 31.3 Å². The summed E-state index contributed by atoms with van der Waals surface area (Å²) in [5.74, 6) is -1.07. The monoisotopic (exact) mass is 509 g/mol. The van der Waals surface area contributed by atoms with E-state index in [4.69, 9.17) is 9.47 Å². The lowest BCUT2D eigenvalue weighted by Gasteiger charge is -2.32. The van der Waals surface area contributed by atoms with E-state index < -0.39 is 40.2 Å². The summed E-state index contributed by atoms with van der Waals surface area (Å²) in [5.41, 5.74) is 0.312. The summed E-state index contributed by atoms with van der Waals surface area (Å²) in [5, 5.41) is 2.73. The van der Waals surface area contributed by atoms with E-state index in [0.29, 0.717) is 5.75 Å². The third-order valence-electron chi connectivity index (χ3n) is 5.23. The van der Waals surface area contributed by atoms with Crippen molar-refractivity contribution in [3.8, 4) is 11.5 Å². The standard InChI is InChI=1S/C24H32FN3O6S/c1-16(2)26-24(30)17(3)27(14-18-9-7-8-10-20(18)25)23(29)15-28(35(6,31)32)21-12-11-19(33-4)13-22(21)34-5/h7-13,16-17H,14-15H2,1-6H3,(H,26,30)/t17-/m1/s1. The van der Waals surface area contributed by atoms with Crippen LogP contribution in [-0.2, 0) is 26.2 Å². The second-order valence-corrected chi connectivity index (χ2v) is 10.2. The highest BCUT2D eigenvalue weighted by atomic mass is 32.2. The van der Waals surface area contributed by atoms with E-state index in [1.54, 1.807) is 19.9 Å². The molecule has 2 amide bonds. The average molecular weight is 510 g/mol. The van der Waals surface area contributed by atoms with Gasteiger partial charge in [-0.15, -0.1) is 0 Å². The van der Waals surface area contributed by atoms with Gasteiger partial charge in [0.15, 0.2) is 0 Å². The predicted molar refractivity (Wildman–Crippen MR) is 131 cm³/mol. The van der Waals surface area contributed by atoms with Crippen LogP contribution in [0.2, 0.25) is 0 Å². The summed E-state index contributed by atoms with van der Waals surface area (Å²) in [6, 6.07) is 9.19. The van der Waals surface area contributed by atoms with E-state index in [9.17, 15) is 22.4 Å². The van der Waals surface area contributed by atoms with Crippen molar-refractivity contribution < 1.29 is 31.9 Å². The molecule has 0 saturated carbocycles. The Balaban J connectivity index is 2.48. The quantitative estimate of drug-likeness (QED) is 0.499. The number of nitrogens with zero attached hydrogens (tertiary/aromatic N) is 2. The summed E-state index contributed by atoms with van der Waals surface area (Å²) in [7, 11) is -1.13. The molecule has 0 aliphatic heterocycles. The molecule has 0 aromatic heterocycles. The molecular weight excluding hydrogens is 477 g/mol. The lowest BCUT2D eigenvalue weighted by Crippen LogP contribution is -2.52. The molecule has 0 spiro atoms. The van der Waals surface area contributed by atoms with Crippen LogP contribution in [0.5, 0.6) is 11.5 Å². The van der Waals surface area contributed by atoms with Crippen molar-refractivity contribution in [3.05, 3.63) is 53.8 Å². The maximum atomic E-state index is 14.4. The first kappa shape index (κ1) is 27.9. The normalized spacial score (nSPS) is 12.1. The van der Waals surface area contributed by atoms with E-state index >= 15 is 0 Å². The van der Waals surface area contributed by atoms with Crippen LogP contribution in [0.3, 0.4) is 0 Å². The van der Waals surface area contributed by atoms with Crippen LogP contribution in [-0.4, -0.2) is 64.2 Å². The first-order valence-electron chi connectivity index (χ1n) is 10.9. The lowest BCUT2D eigenvalue weighted by atomic mass is 10.1. The SMILES string of the molecule is COc1ccc(N(CC(=O)N(Cc2ccccc2F)[C@H](C)C(=O)NC(C)C)S(C)(=O)=O)c(OC)c1. The topological polar surface area (TPSA) is 105 Å². The fourth-order valence-corrected chi connectivity index (χ4v) is 4.24. The molecule has 35 heavy (non-hydrogen) atoms. The Bertz CT molecular complexity index is 1160. The molecule has 2 aromatic carbocycles. The number of methoxy groups -OCH3 is 2. The second kappa shape index (κ2) is 11.9. The third-order valence-corrected chi connectivity index (χ3v) is 6.36. The number of carbonyl (C=O) groups excluding carboxylic acids is 2. The summed E-state index contributed by atoms with van der Waals surface area (Å²) in [6.45, 7) is 4.20. The highest BCUT2D eigenvalue weighted by Gasteiger charge is 2.31. The van der Waals surface area contributed by atoms with Gasteiger partial charge in [0.25, 0.3) is 0 Å². The third kappa shape index (κ3) is 7.32. The number of hydrogen-bond donors (Lipinski definition) is 1. The van der Waals surface area contributed by atoms with Gasteiger partial charge in [-0.1, -0.05) is 18.2 Å². The van der Waals surface area contributed by atoms with E-state index in [1.807, 2.05) is 0 Å². The van der Waals surface area contributed by atoms with Gasteiger partial charge in [-0.3, -0.25) is 13.9 Å². The van der Waals surface area contributed by atoms with E-state index in [2.05, 4.69) is 5.32 Å². The molecule has 1 N–H and O–H groups in total. The molecule has 11 heteroatoms. The molecule has 9 nitrogen and oxygen atoms in total. The van der Waals surface area contributed by atoms with Crippen LogP contribution in [0.4, 0.5) is 10.1 Å². The lowest BCUT2D eigenvalue weighted by molar-refractivity contribution is -0.139. The van der Waals surface area contributed by atoms with E-state index in [0.717, 1.165) is 15.5 Å². The summed E-state index contributed by atoms with van der Waals surface area (Å²) in [6.07, 6.45) is 0.958. The smallest absolute Gasteiger partial charge is 0.244 e. The number of anilines is 1. The number of hydrogen-bond acceptors (Lipinski definition) is 6. The Morgan fingerprint density at radius 1 is 1.06 bits per heavy atom. The zero-order chi connectivity index (χ0) is 26.3. The predicted octanol–water partition coefficient (Wildman–Crippen LogP) is 2.55. The minimum absolute atomic E-state index is 0.120. The molecule has 0 saturated heterocycles. The number of amides is 2. The van der Waals surface area contributed by atoms with Gasteiger partial charge in [0.1, 0.15) is 29.9 Å². The summed E-state index contributed by atoms with van der Waals surface area (Å²) < 4.78 is 51.2. The second-order valence-electron chi connectivity index (χ2n) is 8.26. The van der Waals surface area contributed by atoms with Gasteiger partial charge in [-0.25, -0.2) is 12.8 Å². The summed E-state index contributed by atoms with van der Waals surface area (Å²) >= 11 is 0. The molecule has 0 unspecified atom stereocenters. The van der Waals surface area contributed by atoms with Crippen molar-refractivity contribution in [2.45, 2.75) is 39.4 Å². The number of nitrogens with one attached hydrogen (secondary N) is 1. The molecule has 0 aliphatic carbocycles. The average Bonchev–Trinajstić information content (AvgIpc) is 2.79. The van der Waals surface area contributed by atoms with Crippen molar-refractivity contribution in [2.24, 2.45) is 0 Å². The highest BCUT2D eigenvalue weighted by molar-refractivity contribution is 7.92. The van der Waals surface area contributed by atoms with Crippen LogP contribution in [0.25, 0.3) is 0 Å². The van der Waals surface area contributed by atoms with Crippen molar-refractivity contribution >= 4 is 27.5 Å². The van der Waals surface area contributed by atoms with Crippen molar-refractivity contribution in [1.82, 2.24) is 10.2 Å².